The van der Waals surface area contributed by atoms with Crippen molar-refractivity contribution in [1.82, 2.24) is 24.6 Å². The second kappa shape index (κ2) is 7.26. The molecule has 2 aromatic rings. The molecule has 27 heavy (non-hydrogen) atoms. The molecule has 0 saturated carbocycles. The Kier molecular flexibility index (Phi) is 4.63. The molecule has 0 spiro atoms. The maximum atomic E-state index is 5.03. The SMILES string of the molecule is Cn1ncc2c(N3CCCC3)nc(N3CCC(N4CCCCC4)CC3)nc21. The zero-order valence-corrected chi connectivity index (χ0v) is 16.5. The van der Waals surface area contributed by atoms with Crippen LogP contribution in [0, 0.1) is 0 Å². The first-order valence-electron chi connectivity index (χ1n) is 10.7. The Bertz CT molecular complexity index is 781. The summed E-state index contributed by atoms with van der Waals surface area (Å²) in [7, 11) is 1.98. The Hall–Kier alpha value is -1.89. The molecule has 0 aromatic carbocycles. The van der Waals surface area contributed by atoms with Gasteiger partial charge in [0.15, 0.2) is 5.65 Å². The van der Waals surface area contributed by atoms with E-state index in [9.17, 15) is 0 Å². The Morgan fingerprint density at radius 2 is 1.52 bits per heavy atom. The lowest BCUT2D eigenvalue weighted by Crippen LogP contribution is -2.47. The molecule has 0 unspecified atom stereocenters. The molecule has 2 aromatic heterocycles. The van der Waals surface area contributed by atoms with Crippen molar-refractivity contribution < 1.29 is 0 Å². The molecule has 3 saturated heterocycles. The smallest absolute Gasteiger partial charge is 0.229 e. The average molecular weight is 370 g/mol. The lowest BCUT2D eigenvalue weighted by molar-refractivity contribution is 0.141. The predicted molar refractivity (Wildman–Crippen MR) is 108 cm³/mol. The van der Waals surface area contributed by atoms with Crippen LogP contribution in [0.15, 0.2) is 6.20 Å². The second-order valence-corrected chi connectivity index (χ2v) is 8.36. The van der Waals surface area contributed by atoms with Crippen molar-refractivity contribution >= 4 is 22.8 Å². The molecular formula is C20H31N7. The first-order valence-corrected chi connectivity index (χ1v) is 10.7. The molecule has 0 bridgehead atoms. The second-order valence-electron chi connectivity index (χ2n) is 8.36. The summed E-state index contributed by atoms with van der Waals surface area (Å²) in [6, 6.07) is 0.750. The van der Waals surface area contributed by atoms with Gasteiger partial charge in [-0.3, -0.25) is 4.68 Å². The molecule has 0 radical (unpaired) electrons. The maximum Gasteiger partial charge on any atom is 0.229 e. The van der Waals surface area contributed by atoms with Crippen LogP contribution in [0.4, 0.5) is 11.8 Å². The van der Waals surface area contributed by atoms with Gasteiger partial charge in [-0.15, -0.1) is 0 Å². The maximum absolute atomic E-state index is 5.03. The lowest BCUT2D eigenvalue weighted by Gasteiger charge is -2.40. The van der Waals surface area contributed by atoms with Crippen molar-refractivity contribution in [2.24, 2.45) is 7.05 Å². The summed E-state index contributed by atoms with van der Waals surface area (Å²) >= 11 is 0. The third-order valence-corrected chi connectivity index (χ3v) is 6.62. The molecule has 146 valence electrons. The number of aromatic nitrogens is 4. The van der Waals surface area contributed by atoms with Crippen LogP contribution in [0.5, 0.6) is 0 Å². The van der Waals surface area contributed by atoms with Crippen molar-refractivity contribution in [2.75, 3.05) is 49.1 Å². The number of hydrogen-bond acceptors (Lipinski definition) is 6. The first-order chi connectivity index (χ1) is 13.3. The summed E-state index contributed by atoms with van der Waals surface area (Å²) in [6.45, 7) is 6.89. The summed E-state index contributed by atoms with van der Waals surface area (Å²) in [6.07, 6.45) is 11.0. The standard InChI is InChI=1S/C20H31N7/c1-24-18-17(15-21-24)19(26-11-5-6-12-26)23-20(22-18)27-13-7-16(8-14-27)25-9-3-2-4-10-25/h15-16H,2-14H2,1H3. The van der Waals surface area contributed by atoms with Gasteiger partial charge < -0.3 is 14.7 Å². The highest BCUT2D eigenvalue weighted by Crippen LogP contribution is 2.30. The molecule has 0 aliphatic carbocycles. The number of rotatable bonds is 3. The van der Waals surface area contributed by atoms with E-state index in [1.54, 1.807) is 0 Å². The monoisotopic (exact) mass is 369 g/mol. The molecule has 3 aliphatic rings. The third-order valence-electron chi connectivity index (χ3n) is 6.62. The minimum Gasteiger partial charge on any atom is -0.356 e. The van der Waals surface area contributed by atoms with Crippen LogP contribution in [0.2, 0.25) is 0 Å². The van der Waals surface area contributed by atoms with Gasteiger partial charge in [0.2, 0.25) is 5.95 Å². The van der Waals surface area contributed by atoms with Crippen LogP contribution in [-0.2, 0) is 7.05 Å². The first kappa shape index (κ1) is 17.2. The van der Waals surface area contributed by atoms with Crippen LogP contribution < -0.4 is 9.80 Å². The zero-order chi connectivity index (χ0) is 18.2. The number of piperidine rings is 2. The van der Waals surface area contributed by atoms with E-state index in [4.69, 9.17) is 9.97 Å². The van der Waals surface area contributed by atoms with Gasteiger partial charge in [0.25, 0.3) is 0 Å². The van der Waals surface area contributed by atoms with Crippen molar-refractivity contribution in [3.63, 3.8) is 0 Å². The molecule has 0 amide bonds. The van der Waals surface area contributed by atoms with Crippen molar-refractivity contribution in [3.8, 4) is 0 Å². The summed E-state index contributed by atoms with van der Waals surface area (Å²) in [5, 5.41) is 5.54. The lowest BCUT2D eigenvalue weighted by atomic mass is 10.0. The van der Waals surface area contributed by atoms with Gasteiger partial charge in [0, 0.05) is 39.3 Å². The topological polar surface area (TPSA) is 53.3 Å². The van der Waals surface area contributed by atoms with E-state index in [2.05, 4.69) is 19.8 Å². The fourth-order valence-corrected chi connectivity index (χ4v) is 5.02. The Balaban J connectivity index is 1.38. The Labute approximate surface area is 161 Å². The highest BCUT2D eigenvalue weighted by Gasteiger charge is 2.28. The Morgan fingerprint density at radius 1 is 0.815 bits per heavy atom. The summed E-state index contributed by atoms with van der Waals surface area (Å²) in [4.78, 5) is 17.5. The Morgan fingerprint density at radius 3 is 2.26 bits per heavy atom. The third kappa shape index (κ3) is 3.26. The largest absolute Gasteiger partial charge is 0.356 e. The van der Waals surface area contributed by atoms with Gasteiger partial charge in [-0.1, -0.05) is 6.42 Å². The molecule has 0 atom stereocenters. The van der Waals surface area contributed by atoms with Crippen LogP contribution >= 0.6 is 0 Å². The van der Waals surface area contributed by atoms with E-state index < -0.39 is 0 Å². The van der Waals surface area contributed by atoms with Crippen molar-refractivity contribution in [1.29, 1.82) is 0 Å². The van der Waals surface area contributed by atoms with Gasteiger partial charge in [-0.05, 0) is 51.6 Å². The van der Waals surface area contributed by atoms with Gasteiger partial charge >= 0.3 is 0 Å². The van der Waals surface area contributed by atoms with Crippen LogP contribution in [0.25, 0.3) is 11.0 Å². The van der Waals surface area contributed by atoms with E-state index in [1.807, 2.05) is 17.9 Å². The molecular weight excluding hydrogens is 338 g/mol. The van der Waals surface area contributed by atoms with Crippen LogP contribution in [0.1, 0.15) is 44.9 Å². The zero-order valence-electron chi connectivity index (χ0n) is 16.5. The number of nitrogens with zero attached hydrogens (tertiary/aromatic N) is 7. The number of likely N-dealkylation sites (tertiary alicyclic amines) is 1. The van der Waals surface area contributed by atoms with E-state index >= 15 is 0 Å². The molecule has 0 N–H and O–H groups in total. The highest BCUT2D eigenvalue weighted by atomic mass is 15.3. The summed E-state index contributed by atoms with van der Waals surface area (Å²) in [5.74, 6) is 1.98. The highest BCUT2D eigenvalue weighted by molar-refractivity contribution is 5.88. The van der Waals surface area contributed by atoms with Gasteiger partial charge in [-0.25, -0.2) is 0 Å². The van der Waals surface area contributed by atoms with Crippen LogP contribution in [-0.4, -0.2) is 70.0 Å². The minimum atomic E-state index is 0.750. The normalized spacial score (nSPS) is 22.9. The van der Waals surface area contributed by atoms with Crippen molar-refractivity contribution in [3.05, 3.63) is 6.20 Å². The van der Waals surface area contributed by atoms with Crippen LogP contribution in [0.3, 0.4) is 0 Å². The van der Waals surface area contributed by atoms with Gasteiger partial charge in [0.1, 0.15) is 5.82 Å². The van der Waals surface area contributed by atoms with E-state index in [0.29, 0.717) is 0 Å². The number of fused-ring (bicyclic) bond motifs is 1. The molecule has 7 nitrogen and oxygen atoms in total. The molecule has 5 rings (SSSR count). The quantitative estimate of drug-likeness (QED) is 0.828. The summed E-state index contributed by atoms with van der Waals surface area (Å²) < 4.78 is 1.89. The number of hydrogen-bond donors (Lipinski definition) is 0. The van der Waals surface area contributed by atoms with E-state index in [-0.39, 0.29) is 0 Å². The molecule has 3 fully saturated rings. The summed E-state index contributed by atoms with van der Waals surface area (Å²) in [5.41, 5.74) is 0.958. The fraction of sp³-hybridized carbons (Fsp3) is 0.750. The average Bonchev–Trinajstić information content (AvgIpc) is 3.39. The van der Waals surface area contributed by atoms with Gasteiger partial charge in [0.05, 0.1) is 11.6 Å². The molecule has 3 aliphatic heterocycles. The predicted octanol–water partition coefficient (Wildman–Crippen LogP) is 2.42. The van der Waals surface area contributed by atoms with Gasteiger partial charge in [-0.2, -0.15) is 15.1 Å². The van der Waals surface area contributed by atoms with E-state index in [1.165, 1.54) is 58.0 Å². The fourth-order valence-electron chi connectivity index (χ4n) is 5.02. The minimum absolute atomic E-state index is 0.750. The molecule has 7 heteroatoms. The number of aryl methyl sites for hydroxylation is 1. The molecule has 5 heterocycles. The van der Waals surface area contributed by atoms with E-state index in [0.717, 1.165) is 55.0 Å². The van der Waals surface area contributed by atoms with Crippen molar-refractivity contribution in [2.45, 2.75) is 51.0 Å². The number of anilines is 2.